The molecule has 2 atom stereocenters. The molecule has 1 fully saturated rings. The van der Waals surface area contributed by atoms with Crippen LogP contribution >= 0.6 is 23.1 Å². The largest absolute Gasteiger partial charge is 0.376 e. The van der Waals surface area contributed by atoms with Crippen molar-refractivity contribution in [3.63, 3.8) is 0 Å². The van der Waals surface area contributed by atoms with Crippen molar-refractivity contribution in [3.8, 4) is 0 Å². The standard InChI is InChI=1S/C22H31N3O3S2/c1-3-4-9-23-18(26)13-29-22-24-20-19(16-8-7-14(2)11-17(16)30-20)21(27)25(22)12-15-6-5-10-28-15/h14-15H,3-13H2,1-2H3,(H,23,26). The van der Waals surface area contributed by atoms with E-state index in [1.807, 2.05) is 0 Å². The summed E-state index contributed by atoms with van der Waals surface area (Å²) in [5.74, 6) is 0.918. The summed E-state index contributed by atoms with van der Waals surface area (Å²) >= 11 is 3.03. The Morgan fingerprint density at radius 3 is 3.03 bits per heavy atom. The first-order valence-corrected chi connectivity index (χ1v) is 12.9. The number of ether oxygens (including phenoxy) is 1. The molecule has 4 rings (SSSR count). The highest BCUT2D eigenvalue weighted by atomic mass is 32.2. The monoisotopic (exact) mass is 449 g/mol. The Morgan fingerprint density at radius 1 is 1.40 bits per heavy atom. The Hall–Kier alpha value is -1.38. The van der Waals surface area contributed by atoms with Gasteiger partial charge in [-0.1, -0.05) is 32.0 Å². The van der Waals surface area contributed by atoms with Gasteiger partial charge in [0.1, 0.15) is 4.83 Å². The number of hydrogen-bond acceptors (Lipinski definition) is 6. The number of carbonyl (C=O) groups is 1. The highest BCUT2D eigenvalue weighted by Gasteiger charge is 2.26. The normalized spacial score (nSPS) is 21.1. The number of nitrogens with one attached hydrogen (secondary N) is 1. The van der Waals surface area contributed by atoms with Crippen molar-refractivity contribution in [3.05, 3.63) is 20.8 Å². The minimum absolute atomic E-state index is 0.00855. The molecule has 2 aliphatic rings. The van der Waals surface area contributed by atoms with Crippen LogP contribution in [0.2, 0.25) is 0 Å². The Bertz CT molecular complexity index is 963. The molecular formula is C22H31N3O3S2. The summed E-state index contributed by atoms with van der Waals surface area (Å²) in [6.07, 6.45) is 7.18. The van der Waals surface area contributed by atoms with Gasteiger partial charge in [0.2, 0.25) is 5.91 Å². The van der Waals surface area contributed by atoms with Crippen LogP contribution in [-0.4, -0.2) is 40.5 Å². The van der Waals surface area contributed by atoms with E-state index in [4.69, 9.17) is 9.72 Å². The van der Waals surface area contributed by atoms with Gasteiger partial charge in [-0.25, -0.2) is 4.98 Å². The van der Waals surface area contributed by atoms with E-state index in [9.17, 15) is 9.59 Å². The molecule has 1 aliphatic carbocycles. The number of unbranched alkanes of at least 4 members (excludes halogenated alkanes) is 1. The van der Waals surface area contributed by atoms with Gasteiger partial charge >= 0.3 is 0 Å². The summed E-state index contributed by atoms with van der Waals surface area (Å²) in [6, 6.07) is 0. The van der Waals surface area contributed by atoms with Crippen LogP contribution in [-0.2, 0) is 28.9 Å². The molecule has 164 valence electrons. The highest BCUT2D eigenvalue weighted by Crippen LogP contribution is 2.36. The molecule has 2 aromatic rings. The molecule has 0 bridgehead atoms. The van der Waals surface area contributed by atoms with Crippen molar-refractivity contribution >= 4 is 39.2 Å². The summed E-state index contributed by atoms with van der Waals surface area (Å²) in [7, 11) is 0. The third-order valence-electron chi connectivity index (χ3n) is 5.98. The van der Waals surface area contributed by atoms with E-state index in [-0.39, 0.29) is 23.3 Å². The fourth-order valence-electron chi connectivity index (χ4n) is 4.25. The predicted octanol–water partition coefficient (Wildman–Crippen LogP) is 3.77. The molecule has 0 spiro atoms. The molecule has 2 aromatic heterocycles. The molecule has 2 unspecified atom stereocenters. The van der Waals surface area contributed by atoms with Gasteiger partial charge in [-0.3, -0.25) is 14.2 Å². The summed E-state index contributed by atoms with van der Waals surface area (Å²) in [6.45, 7) is 6.34. The number of carbonyl (C=O) groups excluding carboxylic acids is 1. The molecule has 8 heteroatoms. The SMILES string of the molecule is CCCCNC(=O)CSc1nc2sc3c(c2c(=O)n1CC1CCCO1)CCC(C)C3. The smallest absolute Gasteiger partial charge is 0.263 e. The molecule has 0 aromatic carbocycles. The lowest BCUT2D eigenvalue weighted by molar-refractivity contribution is -0.118. The third kappa shape index (κ3) is 4.75. The van der Waals surface area contributed by atoms with E-state index in [1.54, 1.807) is 15.9 Å². The predicted molar refractivity (Wildman–Crippen MR) is 123 cm³/mol. The van der Waals surface area contributed by atoms with Crippen molar-refractivity contribution in [2.75, 3.05) is 18.9 Å². The maximum absolute atomic E-state index is 13.6. The highest BCUT2D eigenvalue weighted by molar-refractivity contribution is 7.99. The number of thioether (sulfide) groups is 1. The van der Waals surface area contributed by atoms with Crippen molar-refractivity contribution < 1.29 is 9.53 Å². The number of thiophene rings is 1. The van der Waals surface area contributed by atoms with Crippen LogP contribution in [0, 0.1) is 5.92 Å². The summed E-state index contributed by atoms with van der Waals surface area (Å²) in [4.78, 5) is 32.8. The van der Waals surface area contributed by atoms with Gasteiger partial charge in [0.05, 0.1) is 23.8 Å². The maximum Gasteiger partial charge on any atom is 0.263 e. The molecule has 1 aliphatic heterocycles. The Morgan fingerprint density at radius 2 is 2.27 bits per heavy atom. The number of hydrogen-bond donors (Lipinski definition) is 1. The second-order valence-electron chi connectivity index (χ2n) is 8.47. The zero-order chi connectivity index (χ0) is 21.1. The lowest BCUT2D eigenvalue weighted by Gasteiger charge is -2.18. The number of amides is 1. The van der Waals surface area contributed by atoms with Gasteiger partial charge in [-0.2, -0.15) is 0 Å². The molecule has 1 N–H and O–H groups in total. The van der Waals surface area contributed by atoms with Gasteiger partial charge in [0, 0.05) is 18.0 Å². The van der Waals surface area contributed by atoms with Crippen LogP contribution in [0.4, 0.5) is 0 Å². The van der Waals surface area contributed by atoms with E-state index in [0.29, 0.717) is 24.2 Å². The zero-order valence-electron chi connectivity index (χ0n) is 17.9. The molecule has 30 heavy (non-hydrogen) atoms. The lowest BCUT2D eigenvalue weighted by Crippen LogP contribution is -2.30. The summed E-state index contributed by atoms with van der Waals surface area (Å²) < 4.78 is 7.58. The first-order chi connectivity index (χ1) is 14.6. The van der Waals surface area contributed by atoms with Gasteiger partial charge in [0.15, 0.2) is 5.16 Å². The molecule has 0 saturated carbocycles. The minimum Gasteiger partial charge on any atom is -0.376 e. The van der Waals surface area contributed by atoms with E-state index < -0.39 is 0 Å². The van der Waals surface area contributed by atoms with Crippen LogP contribution < -0.4 is 10.9 Å². The molecule has 6 nitrogen and oxygen atoms in total. The fraction of sp³-hybridized carbons (Fsp3) is 0.682. The maximum atomic E-state index is 13.6. The van der Waals surface area contributed by atoms with Crippen molar-refractivity contribution in [1.82, 2.24) is 14.9 Å². The van der Waals surface area contributed by atoms with Crippen LogP contribution in [0.3, 0.4) is 0 Å². The number of aryl methyl sites for hydroxylation is 1. The average molecular weight is 450 g/mol. The number of rotatable bonds is 8. The van der Waals surface area contributed by atoms with Crippen LogP contribution in [0.25, 0.3) is 10.2 Å². The first-order valence-electron chi connectivity index (χ1n) is 11.1. The molecular weight excluding hydrogens is 418 g/mol. The van der Waals surface area contributed by atoms with E-state index in [2.05, 4.69) is 19.2 Å². The second-order valence-corrected chi connectivity index (χ2v) is 10.5. The van der Waals surface area contributed by atoms with Gasteiger partial charge in [-0.15, -0.1) is 11.3 Å². The molecule has 3 heterocycles. The van der Waals surface area contributed by atoms with Gasteiger partial charge in [0.25, 0.3) is 5.56 Å². The molecule has 1 saturated heterocycles. The summed E-state index contributed by atoms with van der Waals surface area (Å²) in [5.41, 5.74) is 1.25. The fourth-order valence-corrected chi connectivity index (χ4v) is 6.52. The van der Waals surface area contributed by atoms with Crippen molar-refractivity contribution in [2.45, 2.75) is 76.6 Å². The molecule has 1 amide bonds. The van der Waals surface area contributed by atoms with Crippen molar-refractivity contribution in [2.24, 2.45) is 5.92 Å². The van der Waals surface area contributed by atoms with Crippen LogP contribution in [0.1, 0.15) is 56.4 Å². The van der Waals surface area contributed by atoms with E-state index >= 15 is 0 Å². The minimum atomic E-state index is -0.00855. The Balaban J connectivity index is 1.64. The van der Waals surface area contributed by atoms with Crippen molar-refractivity contribution in [1.29, 1.82) is 0 Å². The van der Waals surface area contributed by atoms with E-state index in [0.717, 1.165) is 61.8 Å². The van der Waals surface area contributed by atoms with E-state index in [1.165, 1.54) is 22.2 Å². The van der Waals surface area contributed by atoms with Crippen LogP contribution in [0.15, 0.2) is 9.95 Å². The number of fused-ring (bicyclic) bond motifs is 3. The topological polar surface area (TPSA) is 73.2 Å². The lowest BCUT2D eigenvalue weighted by atomic mass is 9.89. The Labute approximate surface area is 185 Å². The quantitative estimate of drug-likeness (QED) is 0.377. The third-order valence-corrected chi connectivity index (χ3v) is 8.10. The average Bonchev–Trinajstić information content (AvgIpc) is 3.36. The number of aromatic nitrogens is 2. The van der Waals surface area contributed by atoms with Gasteiger partial charge in [-0.05, 0) is 50.0 Å². The Kier molecular flexibility index (Phi) is 7.16. The van der Waals surface area contributed by atoms with Gasteiger partial charge < -0.3 is 10.1 Å². The second kappa shape index (κ2) is 9.83. The molecule has 0 radical (unpaired) electrons. The number of nitrogens with zero attached hydrogens (tertiary/aromatic N) is 2. The summed E-state index contributed by atoms with van der Waals surface area (Å²) in [5, 5.41) is 4.39. The zero-order valence-corrected chi connectivity index (χ0v) is 19.5. The van der Waals surface area contributed by atoms with Crippen LogP contribution in [0.5, 0.6) is 0 Å². The first kappa shape index (κ1) is 21.8.